The van der Waals surface area contributed by atoms with Crippen LogP contribution >= 0.6 is 0 Å². The maximum atomic E-state index is 13.4. The number of hydrogen-bond acceptors (Lipinski definition) is 7. The van der Waals surface area contributed by atoms with Crippen LogP contribution in [0.1, 0.15) is 60.9 Å². The van der Waals surface area contributed by atoms with Gasteiger partial charge in [-0.05, 0) is 56.5 Å². The van der Waals surface area contributed by atoms with Crippen molar-refractivity contribution >= 4 is 17.4 Å². The van der Waals surface area contributed by atoms with Crippen molar-refractivity contribution in [2.24, 2.45) is 7.05 Å². The van der Waals surface area contributed by atoms with Crippen molar-refractivity contribution < 1.29 is 14.6 Å². The lowest BCUT2D eigenvalue weighted by molar-refractivity contribution is 0.0740. The van der Waals surface area contributed by atoms with Crippen LogP contribution in [0.25, 0.3) is 28.2 Å². The zero-order chi connectivity index (χ0) is 31.6. The molecular formula is C34H41N7O3. The smallest absolute Gasteiger partial charge is 0.257 e. The predicted octanol–water partition coefficient (Wildman–Crippen LogP) is 5.83. The second-order valence-corrected chi connectivity index (χ2v) is 11.7. The van der Waals surface area contributed by atoms with Gasteiger partial charge in [0.15, 0.2) is 5.65 Å². The van der Waals surface area contributed by atoms with E-state index in [4.69, 9.17) is 14.8 Å². The average molecular weight is 596 g/mol. The van der Waals surface area contributed by atoms with E-state index in [0.717, 1.165) is 46.6 Å². The zero-order valence-electron chi connectivity index (χ0n) is 26.5. The number of anilines is 1. The molecule has 5 aromatic rings. The molecule has 0 radical (unpaired) electrons. The number of aromatic nitrogens is 5. The molecule has 10 nitrogen and oxygen atoms in total. The van der Waals surface area contributed by atoms with Gasteiger partial charge >= 0.3 is 0 Å². The molecule has 0 aliphatic carbocycles. The van der Waals surface area contributed by atoms with Crippen LogP contribution < -0.4 is 10.1 Å². The van der Waals surface area contributed by atoms with Gasteiger partial charge in [0, 0.05) is 56.8 Å². The number of hydrogen-bond donors (Lipinski definition) is 2. The van der Waals surface area contributed by atoms with Crippen LogP contribution in [0.15, 0.2) is 60.9 Å². The van der Waals surface area contributed by atoms with Gasteiger partial charge in [-0.1, -0.05) is 37.6 Å². The van der Waals surface area contributed by atoms with E-state index in [1.807, 2.05) is 68.2 Å². The summed E-state index contributed by atoms with van der Waals surface area (Å²) < 4.78 is 9.33. The lowest BCUT2D eigenvalue weighted by Crippen LogP contribution is -2.28. The number of methoxy groups -OCH3 is 1. The Kier molecular flexibility index (Phi) is 8.73. The Hall–Kier alpha value is -4.70. The van der Waals surface area contributed by atoms with Gasteiger partial charge < -0.3 is 24.6 Å². The van der Waals surface area contributed by atoms with Gasteiger partial charge in [-0.2, -0.15) is 9.61 Å². The third kappa shape index (κ3) is 6.16. The first-order valence-electron chi connectivity index (χ1n) is 14.9. The maximum Gasteiger partial charge on any atom is 0.257 e. The Morgan fingerprint density at radius 2 is 1.93 bits per heavy atom. The average Bonchev–Trinajstić information content (AvgIpc) is 3.59. The van der Waals surface area contributed by atoms with Crippen molar-refractivity contribution in [1.82, 2.24) is 29.0 Å². The van der Waals surface area contributed by atoms with Crippen LogP contribution in [0, 0.1) is 6.92 Å². The van der Waals surface area contributed by atoms with E-state index in [1.54, 1.807) is 36.6 Å². The molecule has 0 saturated heterocycles. The number of aliphatic hydroxyl groups is 1. The quantitative estimate of drug-likeness (QED) is 0.198. The summed E-state index contributed by atoms with van der Waals surface area (Å²) in [6.45, 7) is 8.63. The molecule has 0 atom stereocenters. The zero-order valence-corrected chi connectivity index (χ0v) is 26.5. The highest BCUT2D eigenvalue weighted by Crippen LogP contribution is 2.34. The number of nitrogens with one attached hydrogen (secondary N) is 1. The molecule has 0 bridgehead atoms. The van der Waals surface area contributed by atoms with Gasteiger partial charge in [0.25, 0.3) is 5.91 Å². The minimum atomic E-state index is -1.20. The van der Waals surface area contributed by atoms with Crippen molar-refractivity contribution in [3.8, 4) is 28.3 Å². The number of ether oxygens (including phenoxy) is 1. The molecule has 2 N–H and O–H groups in total. The first-order chi connectivity index (χ1) is 21.0. The molecule has 0 aliphatic heterocycles. The fraction of sp³-hybridized carbons (Fsp3) is 0.353. The van der Waals surface area contributed by atoms with E-state index in [-0.39, 0.29) is 5.91 Å². The third-order valence-corrected chi connectivity index (χ3v) is 7.78. The fourth-order valence-electron chi connectivity index (χ4n) is 5.29. The summed E-state index contributed by atoms with van der Waals surface area (Å²) in [6, 6.07) is 15.6. The van der Waals surface area contributed by atoms with Gasteiger partial charge in [0.1, 0.15) is 23.0 Å². The SMILES string of the molecule is CCCCN(C)C(=O)c1cc(-c2c(C)nn3c(NCc4cccc(-c5nccn5C)c4)cc(C(C)(C)O)nc23)ccc1OC. The molecule has 3 aromatic heterocycles. The van der Waals surface area contributed by atoms with E-state index >= 15 is 0 Å². The minimum absolute atomic E-state index is 0.105. The second kappa shape index (κ2) is 12.5. The number of imidazole rings is 1. The van der Waals surface area contributed by atoms with Crippen LogP contribution in [-0.2, 0) is 19.2 Å². The summed E-state index contributed by atoms with van der Waals surface area (Å²) in [6.07, 6.45) is 5.63. The Labute approximate surface area is 258 Å². The lowest BCUT2D eigenvalue weighted by atomic mass is 10.0. The number of unbranched alkanes of at least 4 members (excludes halogenated alkanes) is 1. The van der Waals surface area contributed by atoms with Crippen molar-refractivity contribution in [3.63, 3.8) is 0 Å². The van der Waals surface area contributed by atoms with E-state index in [1.165, 1.54) is 0 Å². The lowest BCUT2D eigenvalue weighted by Gasteiger charge is -2.20. The minimum Gasteiger partial charge on any atom is -0.496 e. The number of carbonyl (C=O) groups is 1. The molecule has 0 fully saturated rings. The van der Waals surface area contributed by atoms with Crippen molar-refractivity contribution in [2.75, 3.05) is 26.0 Å². The highest BCUT2D eigenvalue weighted by Gasteiger charge is 2.25. The Balaban J connectivity index is 1.56. The molecular weight excluding hydrogens is 554 g/mol. The van der Waals surface area contributed by atoms with E-state index in [9.17, 15) is 9.90 Å². The number of fused-ring (bicyclic) bond motifs is 1. The van der Waals surface area contributed by atoms with Gasteiger partial charge in [-0.15, -0.1) is 0 Å². The van der Waals surface area contributed by atoms with Crippen molar-refractivity contribution in [2.45, 2.75) is 52.7 Å². The summed E-state index contributed by atoms with van der Waals surface area (Å²) in [5.74, 6) is 1.99. The third-order valence-electron chi connectivity index (χ3n) is 7.78. The molecule has 5 rings (SSSR count). The van der Waals surface area contributed by atoms with Gasteiger partial charge in [-0.3, -0.25) is 4.79 Å². The summed E-state index contributed by atoms with van der Waals surface area (Å²) >= 11 is 0. The first kappa shape index (κ1) is 30.7. The van der Waals surface area contributed by atoms with Crippen LogP contribution in [0.5, 0.6) is 5.75 Å². The number of nitrogens with zero attached hydrogens (tertiary/aromatic N) is 6. The molecule has 0 unspecified atom stereocenters. The molecule has 0 aliphatic rings. The Bertz CT molecular complexity index is 1800. The van der Waals surface area contributed by atoms with Gasteiger partial charge in [0.2, 0.25) is 0 Å². The summed E-state index contributed by atoms with van der Waals surface area (Å²) in [4.78, 5) is 24.5. The molecule has 2 aromatic carbocycles. The van der Waals surface area contributed by atoms with E-state index < -0.39 is 5.60 Å². The molecule has 3 heterocycles. The first-order valence-corrected chi connectivity index (χ1v) is 14.9. The molecule has 230 valence electrons. The predicted molar refractivity (Wildman–Crippen MR) is 173 cm³/mol. The highest BCUT2D eigenvalue weighted by atomic mass is 16.5. The normalized spacial score (nSPS) is 11.6. The van der Waals surface area contributed by atoms with Crippen molar-refractivity contribution in [3.05, 3.63) is 83.4 Å². The summed E-state index contributed by atoms with van der Waals surface area (Å²) in [7, 11) is 5.36. The van der Waals surface area contributed by atoms with E-state index in [0.29, 0.717) is 41.6 Å². The largest absolute Gasteiger partial charge is 0.496 e. The Morgan fingerprint density at radius 1 is 1.14 bits per heavy atom. The van der Waals surface area contributed by atoms with E-state index in [2.05, 4.69) is 29.4 Å². The summed E-state index contributed by atoms with van der Waals surface area (Å²) in [5, 5.41) is 19.4. The number of carbonyl (C=O) groups excluding carboxylic acids is 1. The molecule has 44 heavy (non-hydrogen) atoms. The number of amides is 1. The number of rotatable bonds is 11. The van der Waals surface area contributed by atoms with Gasteiger partial charge in [0.05, 0.1) is 24.1 Å². The molecule has 1 amide bonds. The highest BCUT2D eigenvalue weighted by molar-refractivity contribution is 5.99. The standard InChI is InChI=1S/C34H41N7O3/c1-8-9-16-40(6)33(42)26-19-24(13-14-27(26)44-7)30-22(2)38-41-29(20-28(34(3,4)43)37-32(30)41)36-21-23-11-10-12-25(18-23)31-35-15-17-39(31)5/h10-15,17-20,36,43H,8-9,16,21H2,1-7H3. The topological polar surface area (TPSA) is 110 Å². The summed E-state index contributed by atoms with van der Waals surface area (Å²) in [5.41, 5.74) is 4.76. The van der Waals surface area contributed by atoms with Crippen LogP contribution in [0.2, 0.25) is 0 Å². The maximum absolute atomic E-state index is 13.4. The van der Waals surface area contributed by atoms with Crippen LogP contribution in [0.3, 0.4) is 0 Å². The monoisotopic (exact) mass is 595 g/mol. The molecule has 10 heteroatoms. The molecule has 0 saturated carbocycles. The second-order valence-electron chi connectivity index (χ2n) is 11.7. The van der Waals surface area contributed by atoms with Crippen LogP contribution in [0.4, 0.5) is 5.82 Å². The number of benzene rings is 2. The van der Waals surface area contributed by atoms with Gasteiger partial charge in [-0.25, -0.2) is 9.97 Å². The Morgan fingerprint density at radius 3 is 2.61 bits per heavy atom. The molecule has 0 spiro atoms. The number of aryl methyl sites for hydroxylation is 2. The fourth-order valence-corrected chi connectivity index (χ4v) is 5.29. The van der Waals surface area contributed by atoms with Crippen LogP contribution in [-0.4, -0.2) is 60.8 Å². The van der Waals surface area contributed by atoms with Crippen molar-refractivity contribution in [1.29, 1.82) is 0 Å².